The van der Waals surface area contributed by atoms with Crippen LogP contribution in [-0.4, -0.2) is 7.11 Å². The summed E-state index contributed by atoms with van der Waals surface area (Å²) in [6, 6.07) is 8.55. The minimum absolute atomic E-state index is 0.812. The predicted molar refractivity (Wildman–Crippen MR) is 63.4 cm³/mol. The normalized spacial score (nSPS) is 23.9. The lowest BCUT2D eigenvalue weighted by Gasteiger charge is -2.03. The Kier molecular flexibility index (Phi) is 3.30. The number of ether oxygens (including phenoxy) is 1. The highest BCUT2D eigenvalue weighted by atomic mass is 16.5. The first-order valence-corrected chi connectivity index (χ1v) is 5.99. The molecule has 15 heavy (non-hydrogen) atoms. The van der Waals surface area contributed by atoms with Crippen LogP contribution in [0.1, 0.15) is 44.1 Å². The Morgan fingerprint density at radius 3 is 3.00 bits per heavy atom. The van der Waals surface area contributed by atoms with Crippen LogP contribution in [0.3, 0.4) is 0 Å². The van der Waals surface area contributed by atoms with E-state index in [0.29, 0.717) is 0 Å². The summed E-state index contributed by atoms with van der Waals surface area (Å²) in [5, 5.41) is 0. The van der Waals surface area contributed by atoms with Gasteiger partial charge in [-0.05, 0) is 42.4 Å². The van der Waals surface area contributed by atoms with Crippen molar-refractivity contribution in [1.29, 1.82) is 0 Å². The standard InChI is InChI=1S/C14H20O/c1-3-4-6-12-10-14(12)11-7-5-8-13(9-11)15-2/h5,7-9,12,14H,3-4,6,10H2,1-2H3/t12-,14+/m1/s1. The van der Waals surface area contributed by atoms with Gasteiger partial charge < -0.3 is 4.74 Å². The van der Waals surface area contributed by atoms with Crippen LogP contribution in [0.15, 0.2) is 24.3 Å². The van der Waals surface area contributed by atoms with Crippen molar-refractivity contribution in [2.45, 2.75) is 38.5 Å². The van der Waals surface area contributed by atoms with Crippen molar-refractivity contribution in [3.05, 3.63) is 29.8 Å². The van der Waals surface area contributed by atoms with Crippen LogP contribution in [0, 0.1) is 5.92 Å². The van der Waals surface area contributed by atoms with Crippen molar-refractivity contribution in [1.82, 2.24) is 0 Å². The molecule has 0 unspecified atom stereocenters. The molecule has 82 valence electrons. The Hall–Kier alpha value is -0.980. The fourth-order valence-corrected chi connectivity index (χ4v) is 2.31. The molecule has 0 bridgehead atoms. The molecule has 0 aromatic heterocycles. The lowest BCUT2D eigenvalue weighted by Crippen LogP contribution is -1.87. The molecule has 0 heterocycles. The van der Waals surface area contributed by atoms with Gasteiger partial charge in [-0.25, -0.2) is 0 Å². The summed E-state index contributed by atoms with van der Waals surface area (Å²) in [7, 11) is 1.74. The van der Waals surface area contributed by atoms with Crippen LogP contribution in [0.4, 0.5) is 0 Å². The first-order valence-electron chi connectivity index (χ1n) is 5.99. The Bertz CT molecular complexity index is 319. The molecular weight excluding hydrogens is 184 g/mol. The molecule has 1 fully saturated rings. The Morgan fingerprint density at radius 1 is 1.40 bits per heavy atom. The molecule has 1 aromatic rings. The van der Waals surface area contributed by atoms with Gasteiger partial charge in [0.25, 0.3) is 0 Å². The van der Waals surface area contributed by atoms with E-state index in [2.05, 4.69) is 25.1 Å². The highest BCUT2D eigenvalue weighted by Gasteiger charge is 2.37. The second-order valence-electron chi connectivity index (χ2n) is 4.52. The van der Waals surface area contributed by atoms with Crippen molar-refractivity contribution in [2.75, 3.05) is 7.11 Å². The first-order chi connectivity index (χ1) is 7.35. The van der Waals surface area contributed by atoms with Gasteiger partial charge in [0.2, 0.25) is 0 Å². The molecular formula is C14H20O. The van der Waals surface area contributed by atoms with E-state index in [1.807, 2.05) is 6.07 Å². The van der Waals surface area contributed by atoms with Gasteiger partial charge in [0, 0.05) is 0 Å². The molecule has 0 spiro atoms. The van der Waals surface area contributed by atoms with E-state index in [-0.39, 0.29) is 0 Å². The topological polar surface area (TPSA) is 9.23 Å². The second kappa shape index (κ2) is 4.69. The zero-order valence-corrected chi connectivity index (χ0v) is 9.70. The average molecular weight is 204 g/mol. The first kappa shape index (κ1) is 10.5. The maximum atomic E-state index is 5.25. The monoisotopic (exact) mass is 204 g/mol. The van der Waals surface area contributed by atoms with Crippen LogP contribution in [0.25, 0.3) is 0 Å². The summed E-state index contributed by atoms with van der Waals surface area (Å²) < 4.78 is 5.25. The highest BCUT2D eigenvalue weighted by molar-refractivity contribution is 5.33. The van der Waals surface area contributed by atoms with Gasteiger partial charge in [-0.2, -0.15) is 0 Å². The van der Waals surface area contributed by atoms with Gasteiger partial charge >= 0.3 is 0 Å². The van der Waals surface area contributed by atoms with E-state index >= 15 is 0 Å². The van der Waals surface area contributed by atoms with E-state index in [1.165, 1.54) is 31.2 Å². The summed E-state index contributed by atoms with van der Waals surface area (Å²) in [5.74, 6) is 2.75. The molecule has 1 aliphatic carbocycles. The largest absolute Gasteiger partial charge is 0.497 e. The van der Waals surface area contributed by atoms with Crippen molar-refractivity contribution >= 4 is 0 Å². The van der Waals surface area contributed by atoms with E-state index in [4.69, 9.17) is 4.74 Å². The summed E-state index contributed by atoms with van der Waals surface area (Å²) in [4.78, 5) is 0. The number of unbranched alkanes of at least 4 members (excludes halogenated alkanes) is 1. The van der Waals surface area contributed by atoms with Gasteiger partial charge in [0.1, 0.15) is 5.75 Å². The summed E-state index contributed by atoms with van der Waals surface area (Å²) in [6.07, 6.45) is 5.48. The zero-order chi connectivity index (χ0) is 10.7. The molecule has 0 aliphatic heterocycles. The third kappa shape index (κ3) is 2.53. The summed E-state index contributed by atoms with van der Waals surface area (Å²) in [5.41, 5.74) is 1.47. The zero-order valence-electron chi connectivity index (χ0n) is 9.70. The van der Waals surface area contributed by atoms with Crippen LogP contribution in [0.2, 0.25) is 0 Å². The van der Waals surface area contributed by atoms with Crippen LogP contribution in [-0.2, 0) is 0 Å². The third-order valence-corrected chi connectivity index (χ3v) is 3.37. The Labute approximate surface area is 92.5 Å². The van der Waals surface area contributed by atoms with E-state index in [0.717, 1.165) is 17.6 Å². The molecule has 2 atom stereocenters. The molecule has 0 N–H and O–H groups in total. The fourth-order valence-electron chi connectivity index (χ4n) is 2.31. The maximum Gasteiger partial charge on any atom is 0.119 e. The fraction of sp³-hybridized carbons (Fsp3) is 0.571. The van der Waals surface area contributed by atoms with Crippen molar-refractivity contribution in [2.24, 2.45) is 5.92 Å². The van der Waals surface area contributed by atoms with Gasteiger partial charge in [-0.15, -0.1) is 0 Å². The van der Waals surface area contributed by atoms with Crippen molar-refractivity contribution < 1.29 is 4.74 Å². The van der Waals surface area contributed by atoms with Gasteiger partial charge in [0.05, 0.1) is 7.11 Å². The molecule has 1 heteroatoms. The predicted octanol–water partition coefficient (Wildman–Crippen LogP) is 3.99. The molecule has 1 nitrogen and oxygen atoms in total. The molecule has 0 radical (unpaired) electrons. The summed E-state index contributed by atoms with van der Waals surface area (Å²) in [6.45, 7) is 2.27. The van der Waals surface area contributed by atoms with Crippen LogP contribution in [0.5, 0.6) is 5.75 Å². The molecule has 2 rings (SSSR count). The van der Waals surface area contributed by atoms with Crippen molar-refractivity contribution in [3.63, 3.8) is 0 Å². The minimum atomic E-state index is 0.812. The maximum absolute atomic E-state index is 5.25. The number of benzene rings is 1. The number of rotatable bonds is 5. The number of hydrogen-bond donors (Lipinski definition) is 0. The lowest BCUT2D eigenvalue weighted by molar-refractivity contribution is 0.414. The lowest BCUT2D eigenvalue weighted by atomic mass is 10.1. The molecule has 0 amide bonds. The van der Waals surface area contributed by atoms with Gasteiger partial charge in [-0.1, -0.05) is 31.9 Å². The number of methoxy groups -OCH3 is 1. The molecule has 1 aromatic carbocycles. The van der Waals surface area contributed by atoms with E-state index in [1.54, 1.807) is 7.11 Å². The average Bonchev–Trinajstić information content (AvgIpc) is 3.06. The molecule has 1 saturated carbocycles. The van der Waals surface area contributed by atoms with Crippen LogP contribution < -0.4 is 4.74 Å². The van der Waals surface area contributed by atoms with E-state index < -0.39 is 0 Å². The Balaban J connectivity index is 1.94. The third-order valence-electron chi connectivity index (χ3n) is 3.37. The minimum Gasteiger partial charge on any atom is -0.497 e. The molecule has 0 saturated heterocycles. The SMILES string of the molecule is CCCC[C@@H]1C[C@H]1c1cccc(OC)c1. The quantitative estimate of drug-likeness (QED) is 0.704. The second-order valence-corrected chi connectivity index (χ2v) is 4.52. The number of hydrogen-bond acceptors (Lipinski definition) is 1. The smallest absolute Gasteiger partial charge is 0.119 e. The van der Waals surface area contributed by atoms with Crippen molar-refractivity contribution in [3.8, 4) is 5.75 Å². The Morgan fingerprint density at radius 2 is 2.27 bits per heavy atom. The van der Waals surface area contributed by atoms with Gasteiger partial charge in [0.15, 0.2) is 0 Å². The molecule has 1 aliphatic rings. The van der Waals surface area contributed by atoms with E-state index in [9.17, 15) is 0 Å². The van der Waals surface area contributed by atoms with Crippen LogP contribution >= 0.6 is 0 Å². The van der Waals surface area contributed by atoms with Gasteiger partial charge in [-0.3, -0.25) is 0 Å². The highest BCUT2D eigenvalue weighted by Crippen LogP contribution is 2.50. The summed E-state index contributed by atoms with van der Waals surface area (Å²) >= 11 is 0.